The lowest BCUT2D eigenvalue weighted by molar-refractivity contribution is -0.113. The van der Waals surface area contributed by atoms with Gasteiger partial charge in [-0.25, -0.2) is 4.98 Å². The molecule has 0 spiro atoms. The maximum absolute atomic E-state index is 12.1. The number of thioether (sulfide) groups is 2. The number of carbonyl (C=O) groups excluding carboxylic acids is 1. The topological polar surface area (TPSA) is 68.0 Å². The Morgan fingerprint density at radius 2 is 2.04 bits per heavy atom. The molecule has 5 nitrogen and oxygen atoms in total. The summed E-state index contributed by atoms with van der Waals surface area (Å²) in [7, 11) is 0. The molecular formula is C18H19N3O2S3. The number of nitrogens with zero attached hydrogens (tertiary/aromatic N) is 2. The molecule has 0 fully saturated rings. The van der Waals surface area contributed by atoms with E-state index in [4.69, 9.17) is 4.52 Å². The van der Waals surface area contributed by atoms with Crippen molar-refractivity contribution in [1.82, 2.24) is 10.1 Å². The van der Waals surface area contributed by atoms with Crippen LogP contribution in [-0.4, -0.2) is 28.1 Å². The number of hydrogen-bond acceptors (Lipinski definition) is 7. The smallest absolute Gasteiger partial charge is 0.236 e. The fourth-order valence-electron chi connectivity index (χ4n) is 2.33. The number of aryl methyl sites for hydroxylation is 2. The third kappa shape index (κ3) is 4.69. The number of hydrogen-bond donors (Lipinski definition) is 1. The number of thiazole rings is 1. The molecule has 0 saturated heterocycles. The van der Waals surface area contributed by atoms with E-state index in [1.807, 2.05) is 31.4 Å². The molecule has 1 N–H and O–H groups in total. The predicted octanol–water partition coefficient (Wildman–Crippen LogP) is 5.01. The van der Waals surface area contributed by atoms with Crippen LogP contribution in [0.25, 0.3) is 11.3 Å². The van der Waals surface area contributed by atoms with Crippen molar-refractivity contribution >= 4 is 45.9 Å². The maximum Gasteiger partial charge on any atom is 0.236 e. The monoisotopic (exact) mass is 405 g/mol. The van der Waals surface area contributed by atoms with Crippen molar-refractivity contribution in [2.24, 2.45) is 0 Å². The maximum atomic E-state index is 12.1. The van der Waals surface area contributed by atoms with Crippen LogP contribution in [0.15, 0.2) is 39.1 Å². The van der Waals surface area contributed by atoms with Crippen LogP contribution in [0.1, 0.15) is 17.0 Å². The zero-order chi connectivity index (χ0) is 18.5. The lowest BCUT2D eigenvalue weighted by Gasteiger charge is -2.02. The van der Waals surface area contributed by atoms with Gasteiger partial charge in [0.2, 0.25) is 5.91 Å². The Morgan fingerprint density at radius 1 is 1.27 bits per heavy atom. The SMILES string of the molecule is CSc1ccc(-c2csc(NC(=O)CSCc3c(C)noc3C)n2)cc1. The molecule has 3 aromatic rings. The van der Waals surface area contributed by atoms with Crippen LogP contribution in [0.5, 0.6) is 0 Å². The highest BCUT2D eigenvalue weighted by atomic mass is 32.2. The number of anilines is 1. The van der Waals surface area contributed by atoms with Crippen LogP contribution in [0, 0.1) is 13.8 Å². The average Bonchev–Trinajstić information content (AvgIpc) is 3.23. The Labute approximate surface area is 165 Å². The van der Waals surface area contributed by atoms with Gasteiger partial charge in [-0.1, -0.05) is 17.3 Å². The van der Waals surface area contributed by atoms with Gasteiger partial charge in [-0.05, 0) is 32.2 Å². The van der Waals surface area contributed by atoms with E-state index >= 15 is 0 Å². The highest BCUT2D eigenvalue weighted by Crippen LogP contribution is 2.27. The second-order valence-electron chi connectivity index (χ2n) is 5.61. The normalized spacial score (nSPS) is 10.9. The molecule has 136 valence electrons. The molecule has 0 aliphatic heterocycles. The van der Waals surface area contributed by atoms with Crippen LogP contribution >= 0.6 is 34.9 Å². The molecule has 1 amide bonds. The van der Waals surface area contributed by atoms with E-state index in [2.05, 4.69) is 33.8 Å². The Bertz CT molecular complexity index is 868. The lowest BCUT2D eigenvalue weighted by Crippen LogP contribution is -2.14. The highest BCUT2D eigenvalue weighted by molar-refractivity contribution is 7.99. The largest absolute Gasteiger partial charge is 0.361 e. The van der Waals surface area contributed by atoms with E-state index < -0.39 is 0 Å². The van der Waals surface area contributed by atoms with Crippen LogP contribution in [0.4, 0.5) is 5.13 Å². The summed E-state index contributed by atoms with van der Waals surface area (Å²) in [6, 6.07) is 8.24. The van der Waals surface area contributed by atoms with E-state index in [1.165, 1.54) is 28.0 Å². The first-order chi connectivity index (χ1) is 12.6. The van der Waals surface area contributed by atoms with Crippen molar-refractivity contribution in [1.29, 1.82) is 0 Å². The predicted molar refractivity (Wildman–Crippen MR) is 110 cm³/mol. The fraction of sp³-hybridized carbons (Fsp3) is 0.278. The summed E-state index contributed by atoms with van der Waals surface area (Å²) in [4.78, 5) is 17.9. The first-order valence-electron chi connectivity index (χ1n) is 7.96. The molecule has 0 aliphatic rings. The van der Waals surface area contributed by atoms with Gasteiger partial charge in [0.15, 0.2) is 5.13 Å². The van der Waals surface area contributed by atoms with Gasteiger partial charge in [0, 0.05) is 27.2 Å². The van der Waals surface area contributed by atoms with Crippen molar-refractivity contribution in [3.05, 3.63) is 46.7 Å². The number of amides is 1. The molecule has 0 aliphatic carbocycles. The summed E-state index contributed by atoms with van der Waals surface area (Å²) in [6.07, 6.45) is 2.05. The van der Waals surface area contributed by atoms with Crippen LogP contribution in [0.2, 0.25) is 0 Å². The van der Waals surface area contributed by atoms with Gasteiger partial charge < -0.3 is 9.84 Å². The van der Waals surface area contributed by atoms with Crippen molar-refractivity contribution < 1.29 is 9.32 Å². The number of benzene rings is 1. The third-order valence-corrected chi connectivity index (χ3v) is 6.26. The molecule has 1 aromatic carbocycles. The molecule has 0 unspecified atom stereocenters. The number of rotatable bonds is 7. The zero-order valence-corrected chi connectivity index (χ0v) is 17.2. The quantitative estimate of drug-likeness (QED) is 0.557. The lowest BCUT2D eigenvalue weighted by atomic mass is 10.2. The molecule has 0 radical (unpaired) electrons. The summed E-state index contributed by atoms with van der Waals surface area (Å²) in [5.74, 6) is 1.83. The second-order valence-corrected chi connectivity index (χ2v) is 8.33. The third-order valence-electron chi connectivity index (χ3n) is 3.80. The average molecular weight is 406 g/mol. The number of carbonyl (C=O) groups is 1. The molecule has 0 atom stereocenters. The minimum Gasteiger partial charge on any atom is -0.361 e. The second kappa shape index (κ2) is 8.75. The van der Waals surface area contributed by atoms with E-state index in [9.17, 15) is 4.79 Å². The molecule has 0 saturated carbocycles. The van der Waals surface area contributed by atoms with Crippen molar-refractivity contribution in [2.45, 2.75) is 24.5 Å². The molecule has 2 heterocycles. The number of aromatic nitrogens is 2. The molecule has 2 aromatic heterocycles. The first kappa shape index (κ1) is 19.0. The van der Waals surface area contributed by atoms with Crippen molar-refractivity contribution in [3.8, 4) is 11.3 Å². The van der Waals surface area contributed by atoms with Gasteiger partial charge in [0.25, 0.3) is 0 Å². The van der Waals surface area contributed by atoms with E-state index in [1.54, 1.807) is 11.8 Å². The van der Waals surface area contributed by atoms with E-state index in [0.717, 1.165) is 28.3 Å². The zero-order valence-electron chi connectivity index (χ0n) is 14.7. The summed E-state index contributed by atoms with van der Waals surface area (Å²) in [6.45, 7) is 3.80. The minimum atomic E-state index is -0.0552. The van der Waals surface area contributed by atoms with Gasteiger partial charge in [0.1, 0.15) is 5.76 Å². The molecule has 8 heteroatoms. The highest BCUT2D eigenvalue weighted by Gasteiger charge is 2.11. The van der Waals surface area contributed by atoms with Gasteiger partial charge in [-0.2, -0.15) is 0 Å². The molecule has 3 rings (SSSR count). The van der Waals surface area contributed by atoms with Gasteiger partial charge in [-0.15, -0.1) is 34.9 Å². The van der Waals surface area contributed by atoms with Gasteiger partial charge >= 0.3 is 0 Å². The molecule has 26 heavy (non-hydrogen) atoms. The Morgan fingerprint density at radius 3 is 2.69 bits per heavy atom. The summed E-state index contributed by atoms with van der Waals surface area (Å²) >= 11 is 4.68. The Balaban J connectivity index is 1.52. The number of nitrogens with one attached hydrogen (secondary N) is 1. The first-order valence-corrected chi connectivity index (χ1v) is 11.2. The molecule has 0 bridgehead atoms. The van der Waals surface area contributed by atoms with Crippen LogP contribution in [-0.2, 0) is 10.5 Å². The van der Waals surface area contributed by atoms with E-state index in [-0.39, 0.29) is 5.91 Å². The van der Waals surface area contributed by atoms with Gasteiger partial charge in [-0.3, -0.25) is 4.79 Å². The van der Waals surface area contributed by atoms with E-state index in [0.29, 0.717) is 16.6 Å². The summed E-state index contributed by atoms with van der Waals surface area (Å²) < 4.78 is 5.13. The van der Waals surface area contributed by atoms with Crippen molar-refractivity contribution in [2.75, 3.05) is 17.3 Å². The Hall–Kier alpha value is -1.77. The fourth-order valence-corrected chi connectivity index (χ4v) is 4.45. The van der Waals surface area contributed by atoms with Crippen molar-refractivity contribution in [3.63, 3.8) is 0 Å². The summed E-state index contributed by atoms with van der Waals surface area (Å²) in [5.41, 5.74) is 3.87. The van der Waals surface area contributed by atoms with Crippen LogP contribution < -0.4 is 5.32 Å². The van der Waals surface area contributed by atoms with Crippen LogP contribution in [0.3, 0.4) is 0 Å². The minimum absolute atomic E-state index is 0.0552. The van der Waals surface area contributed by atoms with Gasteiger partial charge in [0.05, 0.1) is 17.1 Å². The Kier molecular flexibility index (Phi) is 6.39. The summed E-state index contributed by atoms with van der Waals surface area (Å²) in [5, 5.41) is 9.38. The molecular weight excluding hydrogens is 386 g/mol. The standard InChI is InChI=1S/C18H19N3O2S3/c1-11-15(12(2)23-21-11)8-25-10-17(22)20-18-19-16(9-26-18)13-4-6-14(24-3)7-5-13/h4-7,9H,8,10H2,1-3H3,(H,19,20,22).